The topological polar surface area (TPSA) is 67.4 Å². The first-order chi connectivity index (χ1) is 9.87. The molecule has 0 aromatic carbocycles. The second-order valence-corrected chi connectivity index (χ2v) is 6.00. The van der Waals surface area contributed by atoms with E-state index in [0.717, 1.165) is 6.42 Å². The molecule has 21 heavy (non-hydrogen) atoms. The molecule has 0 radical (unpaired) electrons. The summed E-state index contributed by atoms with van der Waals surface area (Å²) in [5.41, 5.74) is 0.166. The van der Waals surface area contributed by atoms with Crippen LogP contribution in [0.5, 0.6) is 0 Å². The lowest BCUT2D eigenvalue weighted by Gasteiger charge is -2.24. The van der Waals surface area contributed by atoms with Crippen LogP contribution < -0.4 is 5.32 Å². The van der Waals surface area contributed by atoms with E-state index in [-0.39, 0.29) is 12.1 Å². The first-order valence-electron chi connectivity index (χ1n) is 6.90. The number of hydrogen-bond donors (Lipinski definition) is 1. The Labute approximate surface area is 124 Å². The summed E-state index contributed by atoms with van der Waals surface area (Å²) in [6.45, 7) is 6.82. The number of likely N-dealkylation sites (tertiary alicyclic amines) is 1. The van der Waals surface area contributed by atoms with Crippen molar-refractivity contribution in [3.05, 3.63) is 18.0 Å². The Morgan fingerprint density at radius 1 is 1.48 bits per heavy atom. The highest BCUT2D eigenvalue weighted by atomic mass is 16.6. The minimum absolute atomic E-state index is 0.120. The van der Waals surface area contributed by atoms with Crippen LogP contribution in [0.15, 0.2) is 12.4 Å². The molecular weight excluding hydrogens is 268 g/mol. The van der Waals surface area contributed by atoms with E-state index in [2.05, 4.69) is 21.2 Å². The van der Waals surface area contributed by atoms with Gasteiger partial charge in [-0.25, -0.2) is 14.8 Å². The van der Waals surface area contributed by atoms with Crippen LogP contribution in [-0.2, 0) is 4.74 Å². The van der Waals surface area contributed by atoms with Crippen molar-refractivity contribution < 1.29 is 9.53 Å². The van der Waals surface area contributed by atoms with Gasteiger partial charge in [0.1, 0.15) is 5.60 Å². The SMILES string of the molecule is C#Cc1cnc(N[C@H]2CCN(C(=O)OC(C)(C)C)C2)nc1. The number of hydrogen-bond acceptors (Lipinski definition) is 5. The number of rotatable bonds is 2. The summed E-state index contributed by atoms with van der Waals surface area (Å²) in [5.74, 6) is 2.99. The molecule has 1 atom stereocenters. The van der Waals surface area contributed by atoms with Gasteiger partial charge in [-0.3, -0.25) is 0 Å². The molecule has 1 amide bonds. The number of carbonyl (C=O) groups is 1. The van der Waals surface area contributed by atoms with E-state index < -0.39 is 5.60 Å². The third kappa shape index (κ3) is 4.35. The van der Waals surface area contributed by atoms with Crippen LogP contribution >= 0.6 is 0 Å². The number of anilines is 1. The molecule has 0 aliphatic carbocycles. The lowest BCUT2D eigenvalue weighted by Crippen LogP contribution is -2.36. The quantitative estimate of drug-likeness (QED) is 0.842. The molecule has 0 bridgehead atoms. The van der Waals surface area contributed by atoms with Crippen molar-refractivity contribution in [3.63, 3.8) is 0 Å². The van der Waals surface area contributed by atoms with Crippen molar-refractivity contribution in [3.8, 4) is 12.3 Å². The minimum atomic E-state index is -0.475. The Hall–Kier alpha value is -2.29. The van der Waals surface area contributed by atoms with Gasteiger partial charge in [-0.15, -0.1) is 6.42 Å². The standard InChI is InChI=1S/C15H20N4O2/c1-5-11-8-16-13(17-9-11)18-12-6-7-19(10-12)14(20)21-15(2,3)4/h1,8-9,12H,6-7,10H2,2-4H3,(H,16,17,18)/t12-/m0/s1. The molecule has 1 saturated heterocycles. The van der Waals surface area contributed by atoms with Gasteiger partial charge in [-0.05, 0) is 27.2 Å². The molecule has 1 aliphatic rings. The van der Waals surface area contributed by atoms with Gasteiger partial charge < -0.3 is 15.0 Å². The maximum atomic E-state index is 12.0. The van der Waals surface area contributed by atoms with E-state index in [4.69, 9.17) is 11.2 Å². The lowest BCUT2D eigenvalue weighted by atomic mass is 10.2. The van der Waals surface area contributed by atoms with Crippen LogP contribution in [0.25, 0.3) is 0 Å². The molecule has 112 valence electrons. The fraction of sp³-hybridized carbons (Fsp3) is 0.533. The molecule has 1 fully saturated rings. The van der Waals surface area contributed by atoms with E-state index >= 15 is 0 Å². The zero-order chi connectivity index (χ0) is 15.5. The van der Waals surface area contributed by atoms with Crippen LogP contribution in [0.1, 0.15) is 32.8 Å². The average molecular weight is 288 g/mol. The number of amides is 1. The number of nitrogens with one attached hydrogen (secondary N) is 1. The maximum Gasteiger partial charge on any atom is 0.410 e. The van der Waals surface area contributed by atoms with Crippen LogP contribution in [0.2, 0.25) is 0 Å². The summed E-state index contributed by atoms with van der Waals surface area (Å²) in [6, 6.07) is 0.120. The summed E-state index contributed by atoms with van der Waals surface area (Å²) in [4.78, 5) is 21.9. The second kappa shape index (κ2) is 6.00. The molecule has 1 aliphatic heterocycles. The highest BCUT2D eigenvalue weighted by Gasteiger charge is 2.29. The Bertz CT molecular complexity index is 542. The summed E-state index contributed by atoms with van der Waals surface area (Å²) >= 11 is 0. The number of ether oxygens (including phenoxy) is 1. The molecule has 1 aromatic heterocycles. The number of carbonyl (C=O) groups excluding carboxylic acids is 1. The monoisotopic (exact) mass is 288 g/mol. The number of nitrogens with zero attached hydrogens (tertiary/aromatic N) is 3. The number of aromatic nitrogens is 2. The fourth-order valence-corrected chi connectivity index (χ4v) is 2.03. The van der Waals surface area contributed by atoms with Crippen molar-refractivity contribution in [1.29, 1.82) is 0 Å². The fourth-order valence-electron chi connectivity index (χ4n) is 2.03. The largest absolute Gasteiger partial charge is 0.444 e. The first-order valence-corrected chi connectivity index (χ1v) is 6.90. The minimum Gasteiger partial charge on any atom is -0.444 e. The summed E-state index contributed by atoms with van der Waals surface area (Å²) in [5, 5.41) is 3.20. The van der Waals surface area contributed by atoms with E-state index in [0.29, 0.717) is 24.6 Å². The zero-order valence-electron chi connectivity index (χ0n) is 12.6. The van der Waals surface area contributed by atoms with Crippen molar-refractivity contribution in [2.24, 2.45) is 0 Å². The molecule has 1 aromatic rings. The normalized spacial score (nSPS) is 18.2. The van der Waals surface area contributed by atoms with Gasteiger partial charge in [0.15, 0.2) is 0 Å². The average Bonchev–Trinajstić information content (AvgIpc) is 2.86. The van der Waals surface area contributed by atoms with Gasteiger partial charge in [-0.2, -0.15) is 0 Å². The Balaban J connectivity index is 1.87. The van der Waals surface area contributed by atoms with E-state index in [1.165, 1.54) is 0 Å². The van der Waals surface area contributed by atoms with Crippen molar-refractivity contribution in [2.45, 2.75) is 38.8 Å². The summed E-state index contributed by atoms with van der Waals surface area (Å²) in [6.07, 6.45) is 8.99. The van der Waals surface area contributed by atoms with Crippen LogP contribution in [-0.4, -0.2) is 45.7 Å². The Kier molecular flexibility index (Phi) is 4.32. The van der Waals surface area contributed by atoms with Crippen LogP contribution in [0.3, 0.4) is 0 Å². The third-order valence-corrected chi connectivity index (χ3v) is 2.99. The molecule has 0 saturated carbocycles. The number of terminal acetylenes is 1. The van der Waals surface area contributed by atoms with Gasteiger partial charge >= 0.3 is 6.09 Å². The molecule has 1 N–H and O–H groups in total. The lowest BCUT2D eigenvalue weighted by molar-refractivity contribution is 0.0293. The first kappa shape index (κ1) is 15.1. The summed E-state index contributed by atoms with van der Waals surface area (Å²) < 4.78 is 5.36. The van der Waals surface area contributed by atoms with E-state index in [1.807, 2.05) is 20.8 Å². The molecule has 2 heterocycles. The maximum absolute atomic E-state index is 12.0. The molecule has 0 spiro atoms. The summed E-state index contributed by atoms with van der Waals surface area (Å²) in [7, 11) is 0. The van der Waals surface area contributed by atoms with Gasteiger partial charge in [0.2, 0.25) is 5.95 Å². The smallest absolute Gasteiger partial charge is 0.410 e. The highest BCUT2D eigenvalue weighted by Crippen LogP contribution is 2.17. The molecule has 2 rings (SSSR count). The third-order valence-electron chi connectivity index (χ3n) is 2.99. The van der Waals surface area contributed by atoms with E-state index in [9.17, 15) is 4.79 Å². The highest BCUT2D eigenvalue weighted by molar-refractivity contribution is 5.68. The van der Waals surface area contributed by atoms with Gasteiger partial charge in [-0.1, -0.05) is 5.92 Å². The zero-order valence-corrected chi connectivity index (χ0v) is 12.6. The van der Waals surface area contributed by atoms with Crippen LogP contribution in [0, 0.1) is 12.3 Å². The van der Waals surface area contributed by atoms with Crippen molar-refractivity contribution in [1.82, 2.24) is 14.9 Å². The molecule has 6 nitrogen and oxygen atoms in total. The molecule has 6 heteroatoms. The van der Waals surface area contributed by atoms with Gasteiger partial charge in [0.05, 0.1) is 5.56 Å². The second-order valence-electron chi connectivity index (χ2n) is 6.00. The molecule has 0 unspecified atom stereocenters. The van der Waals surface area contributed by atoms with Gasteiger partial charge in [0, 0.05) is 31.5 Å². The van der Waals surface area contributed by atoms with Crippen molar-refractivity contribution in [2.75, 3.05) is 18.4 Å². The van der Waals surface area contributed by atoms with Crippen molar-refractivity contribution >= 4 is 12.0 Å². The predicted octanol–water partition coefficient (Wildman–Crippen LogP) is 1.88. The van der Waals surface area contributed by atoms with Crippen LogP contribution in [0.4, 0.5) is 10.7 Å². The molecular formula is C15H20N4O2. The van der Waals surface area contributed by atoms with E-state index in [1.54, 1.807) is 17.3 Å². The Morgan fingerprint density at radius 3 is 2.71 bits per heavy atom. The van der Waals surface area contributed by atoms with Gasteiger partial charge in [0.25, 0.3) is 0 Å². The Morgan fingerprint density at radius 2 is 2.14 bits per heavy atom. The predicted molar refractivity (Wildman–Crippen MR) is 79.8 cm³/mol.